The number of nitrogens with zero attached hydrogens (tertiary/aromatic N) is 2. The second kappa shape index (κ2) is 8.21. The van der Waals surface area contributed by atoms with Gasteiger partial charge in [0, 0.05) is 31.0 Å². The monoisotopic (exact) mass is 337 g/mol. The highest BCUT2D eigenvalue weighted by Gasteiger charge is 2.22. The average molecular weight is 337 g/mol. The van der Waals surface area contributed by atoms with Crippen molar-refractivity contribution in [3.05, 3.63) is 71.7 Å². The molecular weight excluding hydrogens is 318 g/mol. The zero-order chi connectivity index (χ0) is 17.5. The molecule has 1 aromatic carbocycles. The lowest BCUT2D eigenvalue weighted by Gasteiger charge is -2.27. The molecule has 128 valence electrons. The molecule has 0 bridgehead atoms. The number of aromatic nitrogens is 1. The molecule has 1 aliphatic rings. The van der Waals surface area contributed by atoms with E-state index in [0.717, 1.165) is 5.56 Å². The van der Waals surface area contributed by atoms with E-state index < -0.39 is 0 Å². The van der Waals surface area contributed by atoms with Crippen molar-refractivity contribution in [1.29, 1.82) is 0 Å². The molecule has 0 atom stereocenters. The molecule has 1 aromatic heterocycles. The van der Waals surface area contributed by atoms with Crippen molar-refractivity contribution in [3.63, 3.8) is 0 Å². The maximum absolute atomic E-state index is 12.8. The summed E-state index contributed by atoms with van der Waals surface area (Å²) in [7, 11) is 0. The summed E-state index contributed by atoms with van der Waals surface area (Å²) in [6.45, 7) is 2.02. The number of hydrogen-bond donors (Lipinski definition) is 1. The molecule has 1 N–H and O–H groups in total. The van der Waals surface area contributed by atoms with Gasteiger partial charge in [-0.05, 0) is 35.9 Å². The number of hydrogen-bond acceptors (Lipinski definition) is 4. The van der Waals surface area contributed by atoms with E-state index in [4.69, 9.17) is 4.74 Å². The van der Waals surface area contributed by atoms with Gasteiger partial charge < -0.3 is 15.0 Å². The van der Waals surface area contributed by atoms with Gasteiger partial charge in [-0.15, -0.1) is 0 Å². The molecule has 1 fully saturated rings. The number of benzene rings is 1. The van der Waals surface area contributed by atoms with Gasteiger partial charge in [0.1, 0.15) is 5.70 Å². The third-order valence-corrected chi connectivity index (χ3v) is 3.83. The fourth-order valence-corrected chi connectivity index (χ4v) is 2.50. The molecule has 2 amide bonds. The molecule has 0 saturated carbocycles. The number of rotatable bonds is 4. The van der Waals surface area contributed by atoms with Crippen LogP contribution in [0.25, 0.3) is 6.08 Å². The minimum Gasteiger partial charge on any atom is -0.378 e. The van der Waals surface area contributed by atoms with Gasteiger partial charge in [0.05, 0.1) is 13.2 Å². The van der Waals surface area contributed by atoms with Crippen molar-refractivity contribution < 1.29 is 14.3 Å². The van der Waals surface area contributed by atoms with Gasteiger partial charge in [-0.3, -0.25) is 14.6 Å². The minimum atomic E-state index is -0.317. The van der Waals surface area contributed by atoms with Gasteiger partial charge in [-0.1, -0.05) is 18.2 Å². The van der Waals surface area contributed by atoms with Gasteiger partial charge in [0.25, 0.3) is 11.8 Å². The first-order valence-electron chi connectivity index (χ1n) is 8.09. The third-order valence-electron chi connectivity index (χ3n) is 3.83. The van der Waals surface area contributed by atoms with Crippen LogP contribution in [0.1, 0.15) is 15.9 Å². The summed E-state index contributed by atoms with van der Waals surface area (Å²) in [6, 6.07) is 12.4. The number of amides is 2. The van der Waals surface area contributed by atoms with Crippen LogP contribution in [0.3, 0.4) is 0 Å². The van der Waals surface area contributed by atoms with Crippen LogP contribution < -0.4 is 5.32 Å². The maximum Gasteiger partial charge on any atom is 0.270 e. The van der Waals surface area contributed by atoms with Crippen LogP contribution in [0.15, 0.2) is 60.6 Å². The van der Waals surface area contributed by atoms with Crippen molar-refractivity contribution in [3.8, 4) is 0 Å². The summed E-state index contributed by atoms with van der Waals surface area (Å²) >= 11 is 0. The second-order valence-electron chi connectivity index (χ2n) is 5.56. The number of nitrogens with one attached hydrogen (secondary N) is 1. The minimum absolute atomic E-state index is 0.218. The van der Waals surface area contributed by atoms with E-state index in [2.05, 4.69) is 10.3 Å². The van der Waals surface area contributed by atoms with E-state index in [-0.39, 0.29) is 17.5 Å². The Labute approximate surface area is 146 Å². The SMILES string of the molecule is O=C(N/C(=C\c1ccncc1)C(=O)N1CCOCC1)c1ccccc1. The fraction of sp³-hybridized carbons (Fsp3) is 0.211. The van der Waals surface area contributed by atoms with E-state index >= 15 is 0 Å². The molecule has 0 unspecified atom stereocenters. The standard InChI is InChI=1S/C19H19N3O3/c23-18(16-4-2-1-3-5-16)21-17(14-15-6-8-20-9-7-15)19(24)22-10-12-25-13-11-22/h1-9,14H,10-13H2,(H,21,23)/b17-14-. The van der Waals surface area contributed by atoms with Crippen molar-refractivity contribution in [1.82, 2.24) is 15.2 Å². The van der Waals surface area contributed by atoms with Crippen LogP contribution in [0.2, 0.25) is 0 Å². The summed E-state index contributed by atoms with van der Waals surface area (Å²) in [5, 5.41) is 2.75. The normalized spacial score (nSPS) is 14.9. The lowest BCUT2D eigenvalue weighted by Crippen LogP contribution is -2.44. The first-order valence-corrected chi connectivity index (χ1v) is 8.09. The molecule has 2 heterocycles. The van der Waals surface area contributed by atoms with Crippen molar-refractivity contribution in [2.45, 2.75) is 0 Å². The van der Waals surface area contributed by atoms with Gasteiger partial charge in [-0.25, -0.2) is 0 Å². The highest BCUT2D eigenvalue weighted by atomic mass is 16.5. The van der Waals surface area contributed by atoms with Gasteiger partial charge in [-0.2, -0.15) is 0 Å². The Hall–Kier alpha value is -2.99. The van der Waals surface area contributed by atoms with Crippen molar-refractivity contribution >= 4 is 17.9 Å². The van der Waals surface area contributed by atoms with Gasteiger partial charge in [0.15, 0.2) is 0 Å². The first-order chi connectivity index (χ1) is 12.2. The maximum atomic E-state index is 12.8. The molecule has 0 aliphatic carbocycles. The Kier molecular flexibility index (Phi) is 5.53. The first kappa shape index (κ1) is 16.9. The van der Waals surface area contributed by atoms with Crippen LogP contribution in [-0.2, 0) is 9.53 Å². The molecule has 0 spiro atoms. The smallest absolute Gasteiger partial charge is 0.270 e. The van der Waals surface area contributed by atoms with Crippen LogP contribution in [0, 0.1) is 0 Å². The predicted molar refractivity (Wildman–Crippen MR) is 93.5 cm³/mol. The van der Waals surface area contributed by atoms with Crippen LogP contribution in [0.4, 0.5) is 0 Å². The number of pyridine rings is 1. The Morgan fingerprint density at radius 1 is 1.04 bits per heavy atom. The summed E-state index contributed by atoms with van der Waals surface area (Å²) in [5.74, 6) is -0.535. The summed E-state index contributed by atoms with van der Waals surface area (Å²) in [6.07, 6.45) is 4.95. The molecule has 25 heavy (non-hydrogen) atoms. The Morgan fingerprint density at radius 3 is 2.40 bits per heavy atom. The largest absolute Gasteiger partial charge is 0.378 e. The number of morpholine rings is 1. The fourth-order valence-electron chi connectivity index (χ4n) is 2.50. The van der Waals surface area contributed by atoms with E-state index in [0.29, 0.717) is 31.9 Å². The second-order valence-corrected chi connectivity index (χ2v) is 5.56. The van der Waals surface area contributed by atoms with Gasteiger partial charge in [0.2, 0.25) is 0 Å². The summed E-state index contributed by atoms with van der Waals surface area (Å²) in [5.41, 5.74) is 1.53. The quantitative estimate of drug-likeness (QED) is 0.862. The van der Waals surface area contributed by atoms with E-state index in [1.54, 1.807) is 59.8 Å². The molecule has 1 saturated heterocycles. The molecular formula is C19H19N3O3. The van der Waals surface area contributed by atoms with Crippen molar-refractivity contribution in [2.24, 2.45) is 0 Å². The van der Waals surface area contributed by atoms with Crippen LogP contribution >= 0.6 is 0 Å². The summed E-state index contributed by atoms with van der Waals surface area (Å²) < 4.78 is 5.29. The average Bonchev–Trinajstić information content (AvgIpc) is 2.69. The summed E-state index contributed by atoms with van der Waals surface area (Å²) in [4.78, 5) is 31.0. The molecule has 6 heteroatoms. The lowest BCUT2D eigenvalue weighted by atomic mass is 10.1. The number of carbonyl (C=O) groups excluding carboxylic acids is 2. The zero-order valence-electron chi connectivity index (χ0n) is 13.7. The topological polar surface area (TPSA) is 71.5 Å². The molecule has 0 radical (unpaired) electrons. The third kappa shape index (κ3) is 4.51. The predicted octanol–water partition coefficient (Wildman–Crippen LogP) is 1.71. The number of carbonyl (C=O) groups is 2. The lowest BCUT2D eigenvalue weighted by molar-refractivity contribution is -0.131. The van der Waals surface area contributed by atoms with Gasteiger partial charge >= 0.3 is 0 Å². The number of ether oxygens (including phenoxy) is 1. The van der Waals surface area contributed by atoms with E-state index in [1.165, 1.54) is 0 Å². The molecule has 1 aliphatic heterocycles. The zero-order valence-corrected chi connectivity index (χ0v) is 13.7. The van der Waals surface area contributed by atoms with E-state index in [9.17, 15) is 9.59 Å². The van der Waals surface area contributed by atoms with E-state index in [1.807, 2.05) is 6.07 Å². The Morgan fingerprint density at radius 2 is 1.72 bits per heavy atom. The highest BCUT2D eigenvalue weighted by Crippen LogP contribution is 2.10. The Balaban J connectivity index is 1.85. The van der Waals surface area contributed by atoms with Crippen LogP contribution in [-0.4, -0.2) is 48.0 Å². The van der Waals surface area contributed by atoms with Crippen molar-refractivity contribution in [2.75, 3.05) is 26.3 Å². The van der Waals surface area contributed by atoms with Crippen LogP contribution in [0.5, 0.6) is 0 Å². The molecule has 6 nitrogen and oxygen atoms in total. The Bertz CT molecular complexity index is 754. The molecule has 2 aromatic rings. The highest BCUT2D eigenvalue weighted by molar-refractivity contribution is 6.05. The molecule has 3 rings (SSSR count).